The van der Waals surface area contributed by atoms with Gasteiger partial charge in [-0.3, -0.25) is 0 Å². The molecule has 0 aliphatic heterocycles. The lowest BCUT2D eigenvalue weighted by atomic mass is 10.1. The van der Waals surface area contributed by atoms with E-state index < -0.39 is 0 Å². The van der Waals surface area contributed by atoms with Gasteiger partial charge in [0.25, 0.3) is 0 Å². The first-order valence-corrected chi connectivity index (χ1v) is 9.11. The highest BCUT2D eigenvalue weighted by molar-refractivity contribution is 6.42. The van der Waals surface area contributed by atoms with Crippen LogP contribution in [-0.4, -0.2) is 21.0 Å². The molecule has 0 atom stereocenters. The van der Waals surface area contributed by atoms with Crippen molar-refractivity contribution in [1.29, 1.82) is 0 Å². The van der Waals surface area contributed by atoms with Gasteiger partial charge < -0.3 is 5.32 Å². The molecule has 1 N–H and O–H groups in total. The van der Waals surface area contributed by atoms with E-state index in [-0.39, 0.29) is 0 Å². The zero-order chi connectivity index (χ0) is 17.2. The molecular weight excluding hydrogens is 355 g/mol. The van der Waals surface area contributed by atoms with Gasteiger partial charge in [-0.2, -0.15) is 15.0 Å². The summed E-state index contributed by atoms with van der Waals surface area (Å²) in [6, 6.07) is 16.4. The molecule has 0 bridgehead atoms. The number of nitrogens with zero attached hydrogens (tertiary/aromatic N) is 3. The fraction of sp³-hybridized carbons (Fsp3) is 0.263. The minimum Gasteiger partial charge on any atom is -0.308 e. The monoisotopic (exact) mass is 372 g/mol. The van der Waals surface area contributed by atoms with E-state index in [0.717, 1.165) is 29.1 Å². The van der Waals surface area contributed by atoms with E-state index in [9.17, 15) is 0 Å². The maximum absolute atomic E-state index is 6.11. The van der Waals surface area contributed by atoms with Gasteiger partial charge in [0.1, 0.15) is 11.4 Å². The quantitative estimate of drug-likeness (QED) is 0.689. The van der Waals surface area contributed by atoms with Gasteiger partial charge in [-0.05, 0) is 30.5 Å². The van der Waals surface area contributed by atoms with Crippen molar-refractivity contribution in [3.05, 3.63) is 69.8 Å². The molecule has 1 aromatic heterocycles. The van der Waals surface area contributed by atoms with Crippen molar-refractivity contribution in [1.82, 2.24) is 20.3 Å². The van der Waals surface area contributed by atoms with E-state index in [1.165, 1.54) is 12.8 Å². The number of hydrogen-bond donors (Lipinski definition) is 1. The van der Waals surface area contributed by atoms with Crippen molar-refractivity contribution in [2.75, 3.05) is 0 Å². The van der Waals surface area contributed by atoms with Gasteiger partial charge in [0.05, 0.1) is 16.6 Å². The molecule has 3 aromatic rings. The van der Waals surface area contributed by atoms with Crippen LogP contribution >= 0.6 is 23.2 Å². The highest BCUT2D eigenvalue weighted by Gasteiger charge is 2.22. The molecule has 0 radical (unpaired) electrons. The average Bonchev–Trinajstić information content (AvgIpc) is 3.37. The minimum atomic E-state index is 0.547. The second-order valence-electron chi connectivity index (χ2n) is 6.30. The number of nitrogens with one attached hydrogen (secondary N) is 1. The molecule has 6 heteroatoms. The summed E-state index contributed by atoms with van der Waals surface area (Å²) >= 11 is 12.1. The van der Waals surface area contributed by atoms with E-state index in [1.54, 1.807) is 10.9 Å². The fourth-order valence-corrected chi connectivity index (χ4v) is 3.04. The van der Waals surface area contributed by atoms with Crippen molar-refractivity contribution in [3.63, 3.8) is 0 Å². The Labute approximate surface area is 156 Å². The Balaban J connectivity index is 1.62. The Morgan fingerprint density at radius 2 is 1.80 bits per heavy atom. The van der Waals surface area contributed by atoms with Crippen molar-refractivity contribution in [2.24, 2.45) is 0 Å². The van der Waals surface area contributed by atoms with E-state index in [2.05, 4.69) is 17.4 Å². The zero-order valence-corrected chi connectivity index (χ0v) is 15.1. The average molecular weight is 373 g/mol. The van der Waals surface area contributed by atoms with E-state index in [0.29, 0.717) is 22.6 Å². The third-order valence-electron chi connectivity index (χ3n) is 4.22. The van der Waals surface area contributed by atoms with Crippen molar-refractivity contribution in [3.8, 4) is 11.3 Å². The molecule has 1 aliphatic carbocycles. The van der Waals surface area contributed by atoms with Crippen LogP contribution in [0.2, 0.25) is 10.0 Å². The van der Waals surface area contributed by atoms with Crippen LogP contribution in [0.5, 0.6) is 0 Å². The van der Waals surface area contributed by atoms with Gasteiger partial charge in [-0.15, -0.1) is 0 Å². The lowest BCUT2D eigenvalue weighted by Gasteiger charge is -2.02. The third-order valence-corrected chi connectivity index (χ3v) is 4.95. The lowest BCUT2D eigenvalue weighted by Crippen LogP contribution is -2.16. The molecule has 2 aromatic carbocycles. The van der Waals surface area contributed by atoms with Crippen LogP contribution in [0.4, 0.5) is 0 Å². The smallest absolute Gasteiger partial charge is 0.117 e. The molecule has 25 heavy (non-hydrogen) atoms. The maximum Gasteiger partial charge on any atom is 0.117 e. The second-order valence-corrected chi connectivity index (χ2v) is 7.11. The van der Waals surface area contributed by atoms with Crippen LogP contribution in [-0.2, 0) is 13.1 Å². The third kappa shape index (κ3) is 4.03. The Morgan fingerprint density at radius 3 is 2.52 bits per heavy atom. The van der Waals surface area contributed by atoms with Crippen LogP contribution in [0.1, 0.15) is 24.1 Å². The molecule has 0 saturated heterocycles. The molecule has 1 aliphatic rings. The van der Waals surface area contributed by atoms with Gasteiger partial charge in [-0.1, -0.05) is 59.6 Å². The summed E-state index contributed by atoms with van der Waals surface area (Å²) < 4.78 is 0. The van der Waals surface area contributed by atoms with E-state index >= 15 is 0 Å². The molecule has 1 heterocycles. The molecule has 4 nitrogen and oxygen atoms in total. The zero-order valence-electron chi connectivity index (χ0n) is 13.6. The van der Waals surface area contributed by atoms with Crippen LogP contribution in [0, 0.1) is 0 Å². The van der Waals surface area contributed by atoms with Gasteiger partial charge in [-0.25, -0.2) is 0 Å². The summed E-state index contributed by atoms with van der Waals surface area (Å²) in [5.41, 5.74) is 3.99. The van der Waals surface area contributed by atoms with E-state index in [1.807, 2.05) is 30.3 Å². The highest BCUT2D eigenvalue weighted by atomic mass is 35.5. The molecule has 0 unspecified atom stereocenters. The van der Waals surface area contributed by atoms with Gasteiger partial charge in [0, 0.05) is 18.2 Å². The van der Waals surface area contributed by atoms with Crippen LogP contribution in [0.15, 0.2) is 48.5 Å². The first-order valence-electron chi connectivity index (χ1n) is 8.36. The number of aromatic nitrogens is 3. The van der Waals surface area contributed by atoms with Crippen LogP contribution < -0.4 is 5.32 Å². The first kappa shape index (κ1) is 16.6. The standard InChI is InChI=1S/C19H18Cl2N4/c20-16-9-6-13(10-17(16)21)12-25-23-18(11-22-15-7-8-15)19(24-25)14-4-2-1-3-5-14/h1-6,9-10,15,22H,7-8,11-12H2. The van der Waals surface area contributed by atoms with E-state index in [4.69, 9.17) is 33.4 Å². The van der Waals surface area contributed by atoms with Gasteiger partial charge >= 0.3 is 0 Å². The number of benzene rings is 2. The summed E-state index contributed by atoms with van der Waals surface area (Å²) in [4.78, 5) is 1.73. The van der Waals surface area contributed by atoms with Crippen molar-refractivity contribution in [2.45, 2.75) is 32.0 Å². The predicted octanol–water partition coefficient (Wildman–Crippen LogP) is 4.55. The highest BCUT2D eigenvalue weighted by Crippen LogP contribution is 2.25. The van der Waals surface area contributed by atoms with Crippen molar-refractivity contribution < 1.29 is 0 Å². The molecule has 4 rings (SSSR count). The SMILES string of the molecule is Clc1ccc(Cn2nc(CNC3CC3)c(-c3ccccc3)n2)cc1Cl. The Morgan fingerprint density at radius 1 is 1.00 bits per heavy atom. The predicted molar refractivity (Wildman–Crippen MR) is 101 cm³/mol. The number of hydrogen-bond acceptors (Lipinski definition) is 3. The number of rotatable bonds is 6. The normalized spacial score (nSPS) is 14.0. The van der Waals surface area contributed by atoms with Gasteiger partial charge in [0.2, 0.25) is 0 Å². The Bertz CT molecular complexity index is 872. The second kappa shape index (κ2) is 7.16. The van der Waals surface area contributed by atoms with Gasteiger partial charge in [0.15, 0.2) is 0 Å². The summed E-state index contributed by atoms with van der Waals surface area (Å²) in [6.07, 6.45) is 2.50. The largest absolute Gasteiger partial charge is 0.308 e. The minimum absolute atomic E-state index is 0.547. The topological polar surface area (TPSA) is 42.7 Å². The fourth-order valence-electron chi connectivity index (χ4n) is 2.72. The summed E-state index contributed by atoms with van der Waals surface area (Å²) in [7, 11) is 0. The lowest BCUT2D eigenvalue weighted by molar-refractivity contribution is 0.576. The molecule has 1 fully saturated rings. The summed E-state index contributed by atoms with van der Waals surface area (Å²) in [5, 5.41) is 14.0. The van der Waals surface area contributed by atoms with Crippen LogP contribution in [0.3, 0.4) is 0 Å². The molecule has 128 valence electrons. The Kier molecular flexibility index (Phi) is 4.75. The first-order chi connectivity index (χ1) is 12.2. The maximum atomic E-state index is 6.11. The Hall–Kier alpha value is -1.88. The molecule has 0 spiro atoms. The van der Waals surface area contributed by atoms with Crippen molar-refractivity contribution >= 4 is 23.2 Å². The van der Waals surface area contributed by atoms with Crippen LogP contribution in [0.25, 0.3) is 11.3 Å². The molecule has 0 amide bonds. The molecular formula is C19H18Cl2N4. The summed E-state index contributed by atoms with van der Waals surface area (Å²) in [6.45, 7) is 1.29. The molecule has 1 saturated carbocycles. The summed E-state index contributed by atoms with van der Waals surface area (Å²) in [5.74, 6) is 0. The number of halogens is 2.